The molecule has 0 saturated heterocycles. The highest BCUT2D eigenvalue weighted by atomic mass is 16.1. The summed E-state index contributed by atoms with van der Waals surface area (Å²) in [7, 11) is 0. The lowest BCUT2D eigenvalue weighted by Crippen LogP contribution is -2.28. The minimum absolute atomic E-state index is 0.0574. The Bertz CT molecular complexity index is 1040. The van der Waals surface area contributed by atoms with Crippen molar-refractivity contribution in [2.45, 2.75) is 45.1 Å². The minimum Gasteiger partial charge on any atom is -0.358 e. The summed E-state index contributed by atoms with van der Waals surface area (Å²) in [6, 6.07) is 13.7. The number of nitrogens with zero attached hydrogens (tertiary/aromatic N) is 1. The second-order valence-corrected chi connectivity index (χ2v) is 8.22. The normalized spacial score (nSPS) is 16.9. The van der Waals surface area contributed by atoms with Crippen molar-refractivity contribution in [1.82, 2.24) is 9.97 Å². The van der Waals surface area contributed by atoms with Gasteiger partial charge in [0.05, 0.1) is 11.7 Å². The number of H-pyrrole nitrogens is 1. The standard InChI is InChI=1S/C25H27N3O2/c1-16(26)22(29)8-7-18-14-21-24(23(30)15-18)20(13-17-5-3-2-4-6-17)25(28-21)19-9-11-27-12-10-19/h2-6,9-12,16,18,28H,7-8,13-15,26H2,1H3/t16-,18?/m0/s1. The molecule has 5 nitrogen and oxygen atoms in total. The maximum Gasteiger partial charge on any atom is 0.165 e. The van der Waals surface area contributed by atoms with Gasteiger partial charge in [0.1, 0.15) is 5.78 Å². The predicted molar refractivity (Wildman–Crippen MR) is 117 cm³/mol. The molecular formula is C25H27N3O2. The molecule has 0 radical (unpaired) electrons. The van der Waals surface area contributed by atoms with Crippen LogP contribution in [0.1, 0.15) is 53.4 Å². The Balaban J connectivity index is 1.67. The van der Waals surface area contributed by atoms with Gasteiger partial charge in [-0.1, -0.05) is 30.3 Å². The van der Waals surface area contributed by atoms with Crippen LogP contribution in [0.5, 0.6) is 0 Å². The molecule has 0 spiro atoms. The molecular weight excluding hydrogens is 374 g/mol. The average molecular weight is 402 g/mol. The van der Waals surface area contributed by atoms with Crippen LogP contribution in [-0.4, -0.2) is 27.6 Å². The number of aromatic nitrogens is 2. The van der Waals surface area contributed by atoms with Gasteiger partial charge in [0.15, 0.2) is 5.78 Å². The number of hydrogen-bond acceptors (Lipinski definition) is 4. The zero-order chi connectivity index (χ0) is 21.1. The van der Waals surface area contributed by atoms with Crippen LogP contribution in [0.4, 0.5) is 0 Å². The van der Waals surface area contributed by atoms with E-state index in [9.17, 15) is 9.59 Å². The molecule has 30 heavy (non-hydrogen) atoms. The highest BCUT2D eigenvalue weighted by Crippen LogP contribution is 2.37. The number of carbonyl (C=O) groups is 2. The van der Waals surface area contributed by atoms with E-state index in [4.69, 9.17) is 5.73 Å². The molecule has 2 heterocycles. The molecule has 1 unspecified atom stereocenters. The summed E-state index contributed by atoms with van der Waals surface area (Å²) < 4.78 is 0. The SMILES string of the molecule is C[C@H](N)C(=O)CCC1CC(=O)c2c([nH]c(-c3ccncc3)c2Cc2ccccc2)C1. The zero-order valence-corrected chi connectivity index (χ0v) is 17.2. The number of pyridine rings is 1. The molecule has 3 aromatic rings. The van der Waals surface area contributed by atoms with E-state index in [1.165, 1.54) is 5.56 Å². The third-order valence-corrected chi connectivity index (χ3v) is 5.93. The van der Waals surface area contributed by atoms with Gasteiger partial charge < -0.3 is 10.7 Å². The van der Waals surface area contributed by atoms with Gasteiger partial charge in [0.25, 0.3) is 0 Å². The van der Waals surface area contributed by atoms with Crippen molar-refractivity contribution in [3.8, 4) is 11.3 Å². The van der Waals surface area contributed by atoms with E-state index >= 15 is 0 Å². The van der Waals surface area contributed by atoms with Crippen LogP contribution in [0.2, 0.25) is 0 Å². The van der Waals surface area contributed by atoms with Crippen LogP contribution in [0, 0.1) is 5.92 Å². The molecule has 0 saturated carbocycles. The zero-order valence-electron chi connectivity index (χ0n) is 17.2. The number of nitrogens with two attached hydrogens (primary N) is 1. The van der Waals surface area contributed by atoms with Gasteiger partial charge in [0, 0.05) is 48.5 Å². The maximum absolute atomic E-state index is 13.2. The molecule has 5 heteroatoms. The number of fused-ring (bicyclic) bond motifs is 1. The van der Waals surface area contributed by atoms with Crippen molar-refractivity contribution in [3.63, 3.8) is 0 Å². The molecule has 0 fully saturated rings. The van der Waals surface area contributed by atoms with Crippen LogP contribution >= 0.6 is 0 Å². The Morgan fingerprint density at radius 1 is 1.17 bits per heavy atom. The topological polar surface area (TPSA) is 88.8 Å². The highest BCUT2D eigenvalue weighted by Gasteiger charge is 2.31. The Hall–Kier alpha value is -3.05. The number of carbonyl (C=O) groups excluding carboxylic acids is 2. The van der Waals surface area contributed by atoms with Crippen molar-refractivity contribution in [1.29, 1.82) is 0 Å². The summed E-state index contributed by atoms with van der Waals surface area (Å²) in [5, 5.41) is 0. The molecule has 3 N–H and O–H groups in total. The highest BCUT2D eigenvalue weighted by molar-refractivity contribution is 6.02. The first-order valence-corrected chi connectivity index (χ1v) is 10.5. The monoisotopic (exact) mass is 401 g/mol. The predicted octanol–water partition coefficient (Wildman–Crippen LogP) is 4.11. The van der Waals surface area contributed by atoms with Gasteiger partial charge in [-0.25, -0.2) is 0 Å². The summed E-state index contributed by atoms with van der Waals surface area (Å²) in [4.78, 5) is 32.8. The largest absolute Gasteiger partial charge is 0.358 e. The van der Waals surface area contributed by atoms with Gasteiger partial charge in [0.2, 0.25) is 0 Å². The lowest BCUT2D eigenvalue weighted by molar-refractivity contribution is -0.120. The van der Waals surface area contributed by atoms with Crippen molar-refractivity contribution >= 4 is 11.6 Å². The van der Waals surface area contributed by atoms with Crippen molar-refractivity contribution in [2.75, 3.05) is 0 Å². The lowest BCUT2D eigenvalue weighted by Gasteiger charge is -2.22. The summed E-state index contributed by atoms with van der Waals surface area (Å²) in [5.74, 6) is 0.389. The van der Waals surface area contributed by atoms with E-state index in [-0.39, 0.29) is 17.5 Å². The fourth-order valence-corrected chi connectivity index (χ4v) is 4.33. The molecule has 1 aliphatic carbocycles. The molecule has 1 aliphatic rings. The van der Waals surface area contributed by atoms with Gasteiger partial charge in [-0.15, -0.1) is 0 Å². The number of Topliss-reactive ketones (excluding diaryl/α,β-unsaturated/α-hetero) is 2. The Labute approximate surface area is 176 Å². The number of nitrogens with one attached hydrogen (secondary N) is 1. The number of benzene rings is 1. The summed E-state index contributed by atoms with van der Waals surface area (Å²) >= 11 is 0. The smallest absolute Gasteiger partial charge is 0.165 e. The van der Waals surface area contributed by atoms with Crippen LogP contribution in [0.3, 0.4) is 0 Å². The maximum atomic E-state index is 13.2. The second kappa shape index (κ2) is 8.76. The van der Waals surface area contributed by atoms with Gasteiger partial charge in [-0.05, 0) is 48.9 Å². The fourth-order valence-electron chi connectivity index (χ4n) is 4.33. The molecule has 154 valence electrons. The van der Waals surface area contributed by atoms with Gasteiger partial charge in [-0.3, -0.25) is 14.6 Å². The first-order valence-electron chi connectivity index (χ1n) is 10.5. The summed E-state index contributed by atoms with van der Waals surface area (Å²) in [5.41, 5.74) is 11.8. The Morgan fingerprint density at radius 2 is 1.90 bits per heavy atom. The lowest BCUT2D eigenvalue weighted by atomic mass is 9.81. The first-order chi connectivity index (χ1) is 14.5. The summed E-state index contributed by atoms with van der Waals surface area (Å²) in [6.07, 6.45) is 6.62. The Kier molecular flexibility index (Phi) is 5.91. The third-order valence-electron chi connectivity index (χ3n) is 5.93. The molecule has 2 atom stereocenters. The van der Waals surface area contributed by atoms with Crippen LogP contribution < -0.4 is 5.73 Å². The van der Waals surface area contributed by atoms with Crippen LogP contribution in [-0.2, 0) is 17.6 Å². The van der Waals surface area contributed by atoms with Crippen molar-refractivity contribution < 1.29 is 9.59 Å². The minimum atomic E-state index is -0.443. The summed E-state index contributed by atoms with van der Waals surface area (Å²) in [6.45, 7) is 1.72. The second-order valence-electron chi connectivity index (χ2n) is 8.22. The third kappa shape index (κ3) is 4.26. The molecule has 1 aromatic carbocycles. The van der Waals surface area contributed by atoms with E-state index in [2.05, 4.69) is 22.1 Å². The van der Waals surface area contributed by atoms with Gasteiger partial charge in [-0.2, -0.15) is 0 Å². The number of aromatic amines is 1. The fraction of sp³-hybridized carbons (Fsp3) is 0.320. The first kappa shape index (κ1) is 20.2. The molecule has 2 aromatic heterocycles. The van der Waals surface area contributed by atoms with Crippen LogP contribution in [0.15, 0.2) is 54.9 Å². The number of hydrogen-bond donors (Lipinski definition) is 2. The van der Waals surface area contributed by atoms with E-state index in [0.29, 0.717) is 25.7 Å². The van der Waals surface area contributed by atoms with E-state index < -0.39 is 6.04 Å². The number of rotatable bonds is 7. The van der Waals surface area contributed by atoms with E-state index in [1.54, 1.807) is 19.3 Å². The van der Waals surface area contributed by atoms with Crippen molar-refractivity contribution in [3.05, 3.63) is 77.2 Å². The van der Waals surface area contributed by atoms with Gasteiger partial charge >= 0.3 is 0 Å². The molecule has 4 rings (SSSR count). The number of ketones is 2. The average Bonchev–Trinajstić information content (AvgIpc) is 3.12. The molecule has 0 amide bonds. The molecule has 0 aliphatic heterocycles. The Morgan fingerprint density at radius 3 is 2.60 bits per heavy atom. The van der Waals surface area contributed by atoms with Crippen LogP contribution in [0.25, 0.3) is 11.3 Å². The quantitative estimate of drug-likeness (QED) is 0.623. The van der Waals surface area contributed by atoms with Crippen molar-refractivity contribution in [2.24, 2.45) is 11.7 Å². The van der Waals surface area contributed by atoms with E-state index in [1.807, 2.05) is 30.3 Å². The molecule has 0 bridgehead atoms. The van der Waals surface area contributed by atoms with E-state index in [0.717, 1.165) is 34.5 Å².